The molecule has 0 aliphatic carbocycles. The Hall–Kier alpha value is -3.58. The van der Waals surface area contributed by atoms with Crippen LogP contribution in [0.5, 0.6) is 5.88 Å². The number of rotatable bonds is 9. The first-order valence-corrected chi connectivity index (χ1v) is 13.3. The smallest absolute Gasteiger partial charge is 0.239 e. The quantitative estimate of drug-likeness (QED) is 0.327. The lowest BCUT2D eigenvalue weighted by molar-refractivity contribution is 0.391. The van der Waals surface area contributed by atoms with Crippen molar-refractivity contribution >= 4 is 27.6 Å². The van der Waals surface area contributed by atoms with Gasteiger partial charge in [-0.3, -0.25) is 9.29 Å². The van der Waals surface area contributed by atoms with Crippen LogP contribution in [0.4, 0.5) is 5.95 Å². The standard InChI is InChI=1S/C23H27ClN8O4S/c1-12(21-25-10-17(24)11-26-21)16(5)37(33,34)31-23-29-28-22(18-8-7-9-19(27-18)35-6)32(23)14(3)20-13(2)30-36-15(20)4/h7-12,14,16H,1-6H3,(H,29,31)/t12-,14-,16-/m0/s1. The normalized spacial score (nSPS) is 14.2. The number of nitrogens with one attached hydrogen (secondary N) is 1. The van der Waals surface area contributed by atoms with E-state index in [1.54, 1.807) is 43.5 Å². The Kier molecular flexibility index (Phi) is 7.46. The Morgan fingerprint density at radius 1 is 1.11 bits per heavy atom. The number of ether oxygens (including phenoxy) is 1. The van der Waals surface area contributed by atoms with Gasteiger partial charge in [-0.25, -0.2) is 23.4 Å². The van der Waals surface area contributed by atoms with Gasteiger partial charge in [-0.2, -0.15) is 0 Å². The summed E-state index contributed by atoms with van der Waals surface area (Å²) in [4.78, 5) is 12.8. The predicted molar refractivity (Wildman–Crippen MR) is 137 cm³/mol. The first kappa shape index (κ1) is 26.5. The van der Waals surface area contributed by atoms with Gasteiger partial charge in [0.25, 0.3) is 0 Å². The number of anilines is 1. The Morgan fingerprint density at radius 2 is 1.81 bits per heavy atom. The summed E-state index contributed by atoms with van der Waals surface area (Å²) < 4.78 is 41.9. The van der Waals surface area contributed by atoms with E-state index in [4.69, 9.17) is 20.9 Å². The van der Waals surface area contributed by atoms with Crippen molar-refractivity contribution < 1.29 is 17.7 Å². The Morgan fingerprint density at radius 3 is 2.43 bits per heavy atom. The summed E-state index contributed by atoms with van der Waals surface area (Å²) in [5.74, 6) is 1.15. The lowest BCUT2D eigenvalue weighted by Gasteiger charge is -2.22. The van der Waals surface area contributed by atoms with Crippen molar-refractivity contribution in [1.82, 2.24) is 34.9 Å². The van der Waals surface area contributed by atoms with Crippen LogP contribution in [0.3, 0.4) is 0 Å². The third kappa shape index (κ3) is 5.27. The molecule has 14 heteroatoms. The topological polar surface area (TPSA) is 151 Å². The van der Waals surface area contributed by atoms with Crippen molar-refractivity contribution in [2.45, 2.75) is 51.8 Å². The first-order chi connectivity index (χ1) is 17.5. The lowest BCUT2D eigenvalue weighted by Crippen LogP contribution is -2.32. The fourth-order valence-electron chi connectivity index (χ4n) is 4.03. The molecule has 0 fully saturated rings. The fourth-order valence-corrected chi connectivity index (χ4v) is 5.36. The number of aryl methyl sites for hydroxylation is 2. The number of pyridine rings is 1. The highest BCUT2D eigenvalue weighted by atomic mass is 35.5. The molecule has 0 unspecified atom stereocenters. The Labute approximate surface area is 219 Å². The van der Waals surface area contributed by atoms with Gasteiger partial charge < -0.3 is 9.26 Å². The molecule has 4 aromatic heterocycles. The molecule has 12 nitrogen and oxygen atoms in total. The zero-order chi connectivity index (χ0) is 26.9. The van der Waals surface area contributed by atoms with Gasteiger partial charge in [0, 0.05) is 29.9 Å². The maximum absolute atomic E-state index is 13.5. The summed E-state index contributed by atoms with van der Waals surface area (Å²) in [5, 5.41) is 12.0. The minimum absolute atomic E-state index is 0.0168. The lowest BCUT2D eigenvalue weighted by atomic mass is 10.1. The molecule has 0 aromatic carbocycles. The highest BCUT2D eigenvalue weighted by Crippen LogP contribution is 2.33. The second-order valence-electron chi connectivity index (χ2n) is 8.60. The minimum Gasteiger partial charge on any atom is -0.481 e. The van der Waals surface area contributed by atoms with E-state index >= 15 is 0 Å². The number of hydrogen-bond acceptors (Lipinski definition) is 10. The van der Waals surface area contributed by atoms with E-state index in [0.29, 0.717) is 39.7 Å². The Bertz CT molecular complexity index is 1480. The van der Waals surface area contributed by atoms with Gasteiger partial charge in [0.1, 0.15) is 17.3 Å². The molecule has 0 bridgehead atoms. The van der Waals surface area contributed by atoms with E-state index in [0.717, 1.165) is 5.56 Å². The SMILES string of the molecule is COc1cccc(-c2nnc(NS(=O)(=O)[C@@H](C)[C@H](C)c3ncc(Cl)cn3)n2[C@@H](C)c2c(C)noc2C)n1. The molecule has 0 radical (unpaired) electrons. The molecule has 4 rings (SSSR count). The van der Waals surface area contributed by atoms with E-state index in [1.165, 1.54) is 19.5 Å². The summed E-state index contributed by atoms with van der Waals surface area (Å²) in [6.07, 6.45) is 2.87. The molecule has 0 saturated heterocycles. The molecular weight excluding hydrogens is 520 g/mol. The van der Waals surface area contributed by atoms with E-state index in [-0.39, 0.29) is 5.95 Å². The molecule has 4 heterocycles. The Balaban J connectivity index is 1.77. The van der Waals surface area contributed by atoms with Crippen molar-refractivity contribution in [3.8, 4) is 17.4 Å². The molecule has 3 atom stereocenters. The highest BCUT2D eigenvalue weighted by molar-refractivity contribution is 7.93. The van der Waals surface area contributed by atoms with Crippen LogP contribution < -0.4 is 9.46 Å². The molecular formula is C23H27ClN8O4S. The zero-order valence-electron chi connectivity index (χ0n) is 21.2. The summed E-state index contributed by atoms with van der Waals surface area (Å²) in [7, 11) is -2.46. The van der Waals surface area contributed by atoms with Gasteiger partial charge in [-0.05, 0) is 33.8 Å². The predicted octanol–water partition coefficient (Wildman–Crippen LogP) is 3.94. The molecule has 0 aliphatic rings. The van der Waals surface area contributed by atoms with Gasteiger partial charge in [0.2, 0.25) is 21.9 Å². The van der Waals surface area contributed by atoms with Crippen LogP contribution in [0, 0.1) is 13.8 Å². The van der Waals surface area contributed by atoms with Crippen molar-refractivity contribution in [3.63, 3.8) is 0 Å². The van der Waals surface area contributed by atoms with Crippen LogP contribution in [0.15, 0.2) is 35.1 Å². The van der Waals surface area contributed by atoms with E-state index in [9.17, 15) is 8.42 Å². The van der Waals surface area contributed by atoms with Crippen LogP contribution in [-0.2, 0) is 10.0 Å². The molecule has 0 spiro atoms. The monoisotopic (exact) mass is 546 g/mol. The maximum Gasteiger partial charge on any atom is 0.239 e. The average molecular weight is 547 g/mol. The van der Waals surface area contributed by atoms with Crippen molar-refractivity contribution in [2.75, 3.05) is 11.8 Å². The summed E-state index contributed by atoms with van der Waals surface area (Å²) >= 11 is 5.88. The number of halogens is 1. The second kappa shape index (κ2) is 10.4. The van der Waals surface area contributed by atoms with Gasteiger partial charge in [0.05, 0.1) is 29.1 Å². The van der Waals surface area contributed by atoms with E-state index in [2.05, 4.69) is 35.0 Å². The molecule has 37 heavy (non-hydrogen) atoms. The maximum atomic E-state index is 13.5. The summed E-state index contributed by atoms with van der Waals surface area (Å²) in [6, 6.07) is 4.76. The minimum atomic E-state index is -3.97. The first-order valence-electron chi connectivity index (χ1n) is 11.4. The third-order valence-electron chi connectivity index (χ3n) is 6.23. The summed E-state index contributed by atoms with van der Waals surface area (Å²) in [6.45, 7) is 8.80. The van der Waals surface area contributed by atoms with Crippen LogP contribution in [0.1, 0.15) is 55.6 Å². The molecule has 4 aromatic rings. The number of aromatic nitrogens is 7. The van der Waals surface area contributed by atoms with Gasteiger partial charge in [-0.1, -0.05) is 29.7 Å². The van der Waals surface area contributed by atoms with E-state index in [1.807, 2.05) is 13.8 Å². The van der Waals surface area contributed by atoms with Gasteiger partial charge in [0.15, 0.2) is 5.82 Å². The van der Waals surface area contributed by atoms with Crippen molar-refractivity contribution in [3.05, 3.63) is 58.5 Å². The van der Waals surface area contributed by atoms with Crippen LogP contribution in [0.25, 0.3) is 11.5 Å². The third-order valence-corrected chi connectivity index (χ3v) is 8.28. The summed E-state index contributed by atoms with van der Waals surface area (Å²) in [5.41, 5.74) is 1.89. The van der Waals surface area contributed by atoms with Crippen molar-refractivity contribution in [2.24, 2.45) is 0 Å². The van der Waals surface area contributed by atoms with E-state index < -0.39 is 27.2 Å². The van der Waals surface area contributed by atoms with Gasteiger partial charge in [-0.15, -0.1) is 10.2 Å². The number of hydrogen-bond donors (Lipinski definition) is 1. The molecule has 0 saturated carbocycles. The van der Waals surface area contributed by atoms with Gasteiger partial charge >= 0.3 is 0 Å². The van der Waals surface area contributed by atoms with Crippen LogP contribution in [0.2, 0.25) is 5.02 Å². The molecule has 0 aliphatic heterocycles. The number of methoxy groups -OCH3 is 1. The number of sulfonamides is 1. The second-order valence-corrected chi connectivity index (χ2v) is 11.1. The fraction of sp³-hybridized carbons (Fsp3) is 0.391. The zero-order valence-corrected chi connectivity index (χ0v) is 22.7. The highest BCUT2D eigenvalue weighted by Gasteiger charge is 2.33. The molecule has 196 valence electrons. The largest absolute Gasteiger partial charge is 0.481 e. The average Bonchev–Trinajstić information content (AvgIpc) is 3.45. The molecule has 1 N–H and O–H groups in total. The van der Waals surface area contributed by atoms with Crippen LogP contribution >= 0.6 is 11.6 Å². The molecule has 0 amide bonds. The van der Waals surface area contributed by atoms with Crippen molar-refractivity contribution in [1.29, 1.82) is 0 Å². The van der Waals surface area contributed by atoms with Crippen LogP contribution in [-0.4, -0.2) is 55.7 Å². The number of nitrogens with zero attached hydrogens (tertiary/aromatic N) is 7.